The van der Waals surface area contributed by atoms with Gasteiger partial charge in [0.15, 0.2) is 0 Å². The number of aryl methyl sites for hydroxylation is 1. The molecule has 0 bridgehead atoms. The van der Waals surface area contributed by atoms with Crippen molar-refractivity contribution in [1.29, 1.82) is 0 Å². The monoisotopic (exact) mass is 387 g/mol. The van der Waals surface area contributed by atoms with Crippen molar-refractivity contribution in [2.45, 2.75) is 32.8 Å². The molecule has 0 radical (unpaired) electrons. The van der Waals surface area contributed by atoms with E-state index in [1.165, 1.54) is 0 Å². The fourth-order valence-corrected chi connectivity index (χ4v) is 4.02. The molecule has 2 nitrogen and oxygen atoms in total. The normalized spacial score (nSPS) is 12.7. The second kappa shape index (κ2) is 7.14. The van der Waals surface area contributed by atoms with Crippen LogP contribution in [0.15, 0.2) is 28.1 Å². The van der Waals surface area contributed by atoms with Gasteiger partial charge in [-0.2, -0.15) is 0 Å². The fourth-order valence-electron chi connectivity index (χ4n) is 2.11. The van der Waals surface area contributed by atoms with Crippen molar-refractivity contribution < 1.29 is 4.74 Å². The number of hydrogen-bond donors (Lipinski definition) is 1. The summed E-state index contributed by atoms with van der Waals surface area (Å²) >= 11 is 11.4. The molecule has 0 aliphatic heterocycles. The molecule has 0 spiro atoms. The van der Waals surface area contributed by atoms with E-state index in [-0.39, 0.29) is 6.10 Å². The number of halogens is 2. The molecule has 2 rings (SSSR count). The lowest BCUT2D eigenvalue weighted by Gasteiger charge is -2.20. The van der Waals surface area contributed by atoms with E-state index in [9.17, 15) is 0 Å². The van der Waals surface area contributed by atoms with Gasteiger partial charge in [0.1, 0.15) is 11.9 Å². The van der Waals surface area contributed by atoms with E-state index in [4.69, 9.17) is 22.1 Å². The first kappa shape index (κ1) is 16.8. The average Bonchev–Trinajstić information content (AvgIpc) is 2.84. The van der Waals surface area contributed by atoms with Crippen LogP contribution in [0.4, 0.5) is 0 Å². The third-order valence-corrected chi connectivity index (χ3v) is 5.35. The van der Waals surface area contributed by atoms with Crippen molar-refractivity contribution >= 4 is 38.9 Å². The summed E-state index contributed by atoms with van der Waals surface area (Å²) in [5, 5.41) is 0.790. The van der Waals surface area contributed by atoms with Crippen LogP contribution >= 0.6 is 38.9 Å². The van der Waals surface area contributed by atoms with Gasteiger partial charge in [-0.1, -0.05) is 25.4 Å². The summed E-state index contributed by atoms with van der Waals surface area (Å²) in [5.74, 6) is 1.20. The summed E-state index contributed by atoms with van der Waals surface area (Å²) < 4.78 is 7.22. The lowest BCUT2D eigenvalue weighted by molar-refractivity contribution is 0.216. The van der Waals surface area contributed by atoms with Gasteiger partial charge >= 0.3 is 0 Å². The Morgan fingerprint density at radius 3 is 2.57 bits per heavy atom. The molecule has 2 aromatic rings. The highest BCUT2D eigenvalue weighted by atomic mass is 79.9. The Balaban J connectivity index is 2.31. The molecule has 1 unspecified atom stereocenters. The first-order chi connectivity index (χ1) is 9.92. The molecule has 1 aromatic heterocycles. The van der Waals surface area contributed by atoms with Crippen LogP contribution in [0.5, 0.6) is 5.75 Å². The molecule has 0 saturated carbocycles. The lowest BCUT2D eigenvalue weighted by atomic mass is 10.0. The first-order valence-electron chi connectivity index (χ1n) is 6.84. The van der Waals surface area contributed by atoms with Crippen LogP contribution in [-0.2, 0) is 0 Å². The molecule has 21 heavy (non-hydrogen) atoms. The van der Waals surface area contributed by atoms with Crippen LogP contribution in [0.25, 0.3) is 0 Å². The third-order valence-electron chi connectivity index (χ3n) is 3.31. The molecule has 0 saturated heterocycles. The van der Waals surface area contributed by atoms with E-state index in [0.717, 1.165) is 30.6 Å². The van der Waals surface area contributed by atoms with E-state index < -0.39 is 0 Å². The van der Waals surface area contributed by atoms with Gasteiger partial charge in [-0.15, -0.1) is 11.3 Å². The Morgan fingerprint density at radius 2 is 2.05 bits per heavy atom. The quantitative estimate of drug-likeness (QED) is 0.715. The molecular weight excluding hydrogens is 370 g/mol. The van der Waals surface area contributed by atoms with Gasteiger partial charge in [0.05, 0.1) is 3.79 Å². The van der Waals surface area contributed by atoms with E-state index >= 15 is 0 Å². The standard InChI is InChI=1S/C16H19BrClNOS/c1-9(2)11-7-13(10(3)6-12(11)18)20-14(8-19)15-4-5-16(17)21-15/h4-7,9,14H,8,19H2,1-3H3. The largest absolute Gasteiger partial charge is 0.483 e. The van der Waals surface area contributed by atoms with Gasteiger partial charge in [0.2, 0.25) is 0 Å². The van der Waals surface area contributed by atoms with Crippen LogP contribution < -0.4 is 10.5 Å². The molecule has 2 N–H and O–H groups in total. The van der Waals surface area contributed by atoms with Crippen molar-refractivity contribution in [2.75, 3.05) is 6.54 Å². The predicted molar refractivity (Wildman–Crippen MR) is 94.7 cm³/mol. The highest BCUT2D eigenvalue weighted by Crippen LogP contribution is 2.35. The first-order valence-corrected chi connectivity index (χ1v) is 8.83. The van der Waals surface area contributed by atoms with Crippen molar-refractivity contribution in [3.8, 4) is 5.75 Å². The number of benzene rings is 1. The van der Waals surface area contributed by atoms with Crippen LogP contribution in [0.1, 0.15) is 41.9 Å². The summed E-state index contributed by atoms with van der Waals surface area (Å²) in [6, 6.07) is 8.05. The Bertz CT molecular complexity index is 627. The minimum Gasteiger partial charge on any atom is -0.483 e. The number of thiophene rings is 1. The Labute approximate surface area is 143 Å². The molecule has 114 valence electrons. The zero-order valence-corrected chi connectivity index (χ0v) is 15.5. The van der Waals surface area contributed by atoms with Gasteiger partial charge in [0.25, 0.3) is 0 Å². The van der Waals surface area contributed by atoms with Crippen molar-refractivity contribution in [3.63, 3.8) is 0 Å². The van der Waals surface area contributed by atoms with Crippen molar-refractivity contribution in [2.24, 2.45) is 5.73 Å². The maximum absolute atomic E-state index is 6.30. The number of hydrogen-bond acceptors (Lipinski definition) is 3. The summed E-state index contributed by atoms with van der Waals surface area (Å²) in [4.78, 5) is 1.12. The minimum absolute atomic E-state index is 0.138. The van der Waals surface area contributed by atoms with Gasteiger partial charge in [-0.3, -0.25) is 0 Å². The van der Waals surface area contributed by atoms with E-state index in [1.807, 2.05) is 31.2 Å². The van der Waals surface area contributed by atoms with Gasteiger partial charge in [-0.25, -0.2) is 0 Å². The van der Waals surface area contributed by atoms with Crippen LogP contribution in [-0.4, -0.2) is 6.54 Å². The zero-order valence-electron chi connectivity index (χ0n) is 12.3. The SMILES string of the molecule is Cc1cc(Cl)c(C(C)C)cc1OC(CN)c1ccc(Br)s1. The molecule has 1 heterocycles. The molecule has 0 aliphatic carbocycles. The van der Waals surface area contributed by atoms with Crippen molar-refractivity contribution in [3.05, 3.63) is 49.1 Å². The van der Waals surface area contributed by atoms with E-state index in [1.54, 1.807) is 11.3 Å². The van der Waals surface area contributed by atoms with Crippen molar-refractivity contribution in [1.82, 2.24) is 0 Å². The van der Waals surface area contributed by atoms with Crippen LogP contribution in [0.3, 0.4) is 0 Å². The molecule has 0 aliphatic rings. The minimum atomic E-state index is -0.138. The zero-order chi connectivity index (χ0) is 15.6. The molecular formula is C16H19BrClNOS. The van der Waals surface area contributed by atoms with E-state index in [0.29, 0.717) is 12.5 Å². The smallest absolute Gasteiger partial charge is 0.145 e. The predicted octanol–water partition coefficient (Wildman–Crippen LogP) is 5.67. The Morgan fingerprint density at radius 1 is 1.33 bits per heavy atom. The highest BCUT2D eigenvalue weighted by molar-refractivity contribution is 9.11. The maximum atomic E-state index is 6.30. The lowest BCUT2D eigenvalue weighted by Crippen LogP contribution is -2.18. The summed E-state index contributed by atoms with van der Waals surface area (Å²) in [6.45, 7) is 6.68. The number of rotatable bonds is 5. The molecule has 0 amide bonds. The molecule has 5 heteroatoms. The summed E-state index contributed by atoms with van der Waals surface area (Å²) in [7, 11) is 0. The maximum Gasteiger partial charge on any atom is 0.145 e. The topological polar surface area (TPSA) is 35.2 Å². The highest BCUT2D eigenvalue weighted by Gasteiger charge is 2.17. The average molecular weight is 389 g/mol. The van der Waals surface area contributed by atoms with Gasteiger partial charge in [-0.05, 0) is 64.2 Å². The van der Waals surface area contributed by atoms with Gasteiger partial charge < -0.3 is 10.5 Å². The number of nitrogens with two attached hydrogens (primary N) is 1. The van der Waals surface area contributed by atoms with Crippen LogP contribution in [0, 0.1) is 6.92 Å². The molecule has 1 aromatic carbocycles. The second-order valence-corrected chi connectivity index (χ2v) is 8.18. The summed E-state index contributed by atoms with van der Waals surface area (Å²) in [5.41, 5.74) is 8.00. The molecule has 1 atom stereocenters. The Hall–Kier alpha value is -0.550. The van der Waals surface area contributed by atoms with Crippen LogP contribution in [0.2, 0.25) is 5.02 Å². The number of ether oxygens (including phenoxy) is 1. The third kappa shape index (κ3) is 4.01. The fraction of sp³-hybridized carbons (Fsp3) is 0.375. The molecule has 0 fully saturated rings. The second-order valence-electron chi connectivity index (χ2n) is 5.28. The van der Waals surface area contributed by atoms with E-state index in [2.05, 4.69) is 29.8 Å². The van der Waals surface area contributed by atoms with Gasteiger partial charge in [0, 0.05) is 16.4 Å². The summed E-state index contributed by atoms with van der Waals surface area (Å²) in [6.07, 6.45) is -0.138. The Kier molecular flexibility index (Phi) is 5.72.